The second kappa shape index (κ2) is 7.07. The normalized spacial score (nSPS) is 11.4. The van der Waals surface area contributed by atoms with Gasteiger partial charge in [-0.1, -0.05) is 37.9 Å². The van der Waals surface area contributed by atoms with Crippen LogP contribution in [0.15, 0.2) is 42.5 Å². The van der Waals surface area contributed by atoms with Crippen LogP contribution in [0, 0.1) is 5.82 Å². The minimum Gasteiger partial charge on any atom is -0.493 e. The summed E-state index contributed by atoms with van der Waals surface area (Å²) < 4.78 is 57.1. The Balaban J connectivity index is 1.96. The van der Waals surface area contributed by atoms with Gasteiger partial charge in [-0.25, -0.2) is 4.39 Å². The molecule has 0 bridgehead atoms. The van der Waals surface area contributed by atoms with E-state index in [0.29, 0.717) is 23.2 Å². The van der Waals surface area contributed by atoms with E-state index in [0.717, 1.165) is 12.1 Å². The molecule has 0 aliphatic rings. The number of hydrogen-bond donors (Lipinski definition) is 0. The van der Waals surface area contributed by atoms with Crippen LogP contribution >= 0.6 is 0 Å². The van der Waals surface area contributed by atoms with Gasteiger partial charge in [0.05, 0.1) is 12.2 Å². The minimum atomic E-state index is -4.35. The SMILES string of the molecule is CB(C)c1ccc(OCCc2cccc(C(F)(F)F)c2)cc1F. The predicted molar refractivity (Wildman–Crippen MR) is 84.2 cm³/mol. The van der Waals surface area contributed by atoms with Gasteiger partial charge >= 0.3 is 6.18 Å². The van der Waals surface area contributed by atoms with Crippen LogP contribution in [0.3, 0.4) is 0 Å². The zero-order valence-electron chi connectivity index (χ0n) is 13.0. The van der Waals surface area contributed by atoms with Crippen molar-refractivity contribution in [2.45, 2.75) is 26.2 Å². The molecular weight excluding hydrogens is 307 g/mol. The molecule has 0 amide bonds. The quantitative estimate of drug-likeness (QED) is 0.584. The topological polar surface area (TPSA) is 9.23 Å². The number of rotatable bonds is 5. The number of halogens is 4. The highest BCUT2D eigenvalue weighted by atomic mass is 19.4. The number of benzene rings is 2. The zero-order chi connectivity index (χ0) is 17.0. The van der Waals surface area contributed by atoms with Crippen LogP contribution in [-0.4, -0.2) is 13.3 Å². The van der Waals surface area contributed by atoms with Gasteiger partial charge in [-0.15, -0.1) is 0 Å². The van der Waals surface area contributed by atoms with Gasteiger partial charge < -0.3 is 4.74 Å². The predicted octanol–water partition coefficient (Wildman–Crippen LogP) is 4.43. The van der Waals surface area contributed by atoms with Gasteiger partial charge in [0.15, 0.2) is 6.71 Å². The van der Waals surface area contributed by atoms with Gasteiger partial charge in [-0.05, 0) is 23.2 Å². The van der Waals surface area contributed by atoms with Gasteiger partial charge in [0.25, 0.3) is 0 Å². The van der Waals surface area contributed by atoms with E-state index >= 15 is 0 Å². The van der Waals surface area contributed by atoms with E-state index in [1.165, 1.54) is 12.1 Å². The number of hydrogen-bond acceptors (Lipinski definition) is 1. The third-order valence-electron chi connectivity index (χ3n) is 3.51. The maximum absolute atomic E-state index is 13.8. The standard InChI is InChI=1S/C17H17BF4O/c1-18(2)15-7-6-14(11-16(15)19)23-9-8-12-4-3-5-13(10-12)17(20,21)22/h3-7,10-11H,8-9H2,1-2H3. The van der Waals surface area contributed by atoms with Gasteiger partial charge in [0, 0.05) is 12.5 Å². The van der Waals surface area contributed by atoms with E-state index < -0.39 is 11.7 Å². The first kappa shape index (κ1) is 17.4. The first-order valence-electron chi connectivity index (χ1n) is 7.36. The molecule has 23 heavy (non-hydrogen) atoms. The van der Waals surface area contributed by atoms with Crippen molar-refractivity contribution in [1.82, 2.24) is 0 Å². The van der Waals surface area contributed by atoms with Gasteiger partial charge in [0.2, 0.25) is 0 Å². The smallest absolute Gasteiger partial charge is 0.416 e. The Bertz CT molecular complexity index is 668. The van der Waals surface area contributed by atoms with Crippen molar-refractivity contribution in [3.63, 3.8) is 0 Å². The van der Waals surface area contributed by atoms with Gasteiger partial charge in [-0.3, -0.25) is 0 Å². The Morgan fingerprint density at radius 3 is 2.39 bits per heavy atom. The number of alkyl halides is 3. The third-order valence-corrected chi connectivity index (χ3v) is 3.51. The Morgan fingerprint density at radius 1 is 1.04 bits per heavy atom. The van der Waals surface area contributed by atoms with Crippen molar-refractivity contribution in [2.75, 3.05) is 6.61 Å². The lowest BCUT2D eigenvalue weighted by Gasteiger charge is -2.11. The Kier molecular flexibility index (Phi) is 5.34. The van der Waals surface area contributed by atoms with Crippen LogP contribution in [0.25, 0.3) is 0 Å². The first-order valence-corrected chi connectivity index (χ1v) is 7.36. The summed E-state index contributed by atoms with van der Waals surface area (Å²) in [6.45, 7) is 4.05. The monoisotopic (exact) mass is 324 g/mol. The maximum atomic E-state index is 13.8. The maximum Gasteiger partial charge on any atom is 0.416 e. The molecule has 122 valence electrons. The number of ether oxygens (including phenoxy) is 1. The summed E-state index contributed by atoms with van der Waals surface area (Å²) in [5.41, 5.74) is 0.455. The Morgan fingerprint density at radius 2 is 1.78 bits per heavy atom. The molecule has 0 fully saturated rings. The fourth-order valence-corrected chi connectivity index (χ4v) is 2.26. The summed E-state index contributed by atoms with van der Waals surface area (Å²) in [5, 5.41) is 0. The Labute approximate surface area is 133 Å². The molecule has 0 saturated heterocycles. The molecule has 0 spiro atoms. The molecular formula is C17H17BF4O. The van der Waals surface area contributed by atoms with Crippen LogP contribution in [0.5, 0.6) is 5.75 Å². The van der Waals surface area contributed by atoms with E-state index in [9.17, 15) is 17.6 Å². The van der Waals surface area contributed by atoms with Crippen LogP contribution in [0.4, 0.5) is 17.6 Å². The van der Waals surface area contributed by atoms with E-state index in [1.54, 1.807) is 18.2 Å². The highest BCUT2D eigenvalue weighted by molar-refractivity contribution is 6.70. The van der Waals surface area contributed by atoms with Gasteiger partial charge in [0.1, 0.15) is 11.6 Å². The van der Waals surface area contributed by atoms with Gasteiger partial charge in [-0.2, -0.15) is 13.2 Å². The molecule has 2 aromatic carbocycles. The molecule has 2 aromatic rings. The molecule has 6 heteroatoms. The summed E-state index contributed by atoms with van der Waals surface area (Å²) in [6, 6.07) is 9.76. The van der Waals surface area contributed by atoms with Crippen LogP contribution < -0.4 is 10.2 Å². The average Bonchev–Trinajstić information content (AvgIpc) is 2.46. The lowest BCUT2D eigenvalue weighted by molar-refractivity contribution is -0.137. The molecule has 0 atom stereocenters. The highest BCUT2D eigenvalue weighted by Gasteiger charge is 2.30. The fraction of sp³-hybridized carbons (Fsp3) is 0.294. The van der Waals surface area contributed by atoms with E-state index in [4.69, 9.17) is 4.74 Å². The summed E-state index contributed by atoms with van der Waals surface area (Å²) in [6.07, 6.45) is -4.04. The summed E-state index contributed by atoms with van der Waals surface area (Å²) in [5.74, 6) is 0.0374. The molecule has 0 heterocycles. The molecule has 0 aliphatic carbocycles. The van der Waals surface area contributed by atoms with E-state index in [1.807, 2.05) is 13.6 Å². The molecule has 0 aromatic heterocycles. The van der Waals surface area contributed by atoms with E-state index in [-0.39, 0.29) is 19.1 Å². The van der Waals surface area contributed by atoms with E-state index in [2.05, 4.69) is 0 Å². The third kappa shape index (κ3) is 4.75. The van der Waals surface area contributed by atoms with Crippen molar-refractivity contribution in [3.8, 4) is 5.75 Å². The molecule has 0 saturated carbocycles. The van der Waals surface area contributed by atoms with Crippen molar-refractivity contribution in [3.05, 3.63) is 59.4 Å². The summed E-state index contributed by atoms with van der Waals surface area (Å²) in [7, 11) is 0. The molecule has 0 unspecified atom stereocenters. The zero-order valence-corrected chi connectivity index (χ0v) is 13.0. The molecule has 1 nitrogen and oxygen atoms in total. The van der Waals surface area contributed by atoms with Crippen LogP contribution in [-0.2, 0) is 12.6 Å². The molecule has 0 N–H and O–H groups in total. The molecule has 0 aliphatic heterocycles. The first-order chi connectivity index (χ1) is 10.8. The molecule has 0 radical (unpaired) electrons. The largest absolute Gasteiger partial charge is 0.493 e. The van der Waals surface area contributed by atoms with Crippen molar-refractivity contribution in [1.29, 1.82) is 0 Å². The van der Waals surface area contributed by atoms with Crippen molar-refractivity contribution in [2.24, 2.45) is 0 Å². The summed E-state index contributed by atoms with van der Waals surface area (Å²) >= 11 is 0. The average molecular weight is 324 g/mol. The second-order valence-electron chi connectivity index (χ2n) is 5.63. The molecule has 2 rings (SSSR count). The van der Waals surface area contributed by atoms with Crippen LogP contribution in [0.1, 0.15) is 11.1 Å². The van der Waals surface area contributed by atoms with Crippen molar-refractivity contribution < 1.29 is 22.3 Å². The minimum absolute atomic E-state index is 0.0779. The second-order valence-corrected chi connectivity index (χ2v) is 5.63. The van der Waals surface area contributed by atoms with Crippen LogP contribution in [0.2, 0.25) is 13.6 Å². The van der Waals surface area contributed by atoms with Crippen molar-refractivity contribution >= 4 is 12.2 Å². The highest BCUT2D eigenvalue weighted by Crippen LogP contribution is 2.29. The summed E-state index contributed by atoms with van der Waals surface area (Å²) in [4.78, 5) is 0. The fourth-order valence-electron chi connectivity index (χ4n) is 2.26. The lowest BCUT2D eigenvalue weighted by atomic mass is 9.49. The lowest BCUT2D eigenvalue weighted by Crippen LogP contribution is -2.25. The Hall–Kier alpha value is -1.98.